The second-order valence-electron chi connectivity index (χ2n) is 5.45. The summed E-state index contributed by atoms with van der Waals surface area (Å²) >= 11 is 0. The Morgan fingerprint density at radius 2 is 1.67 bits per heavy atom. The van der Waals surface area contributed by atoms with Gasteiger partial charge in [0, 0.05) is 5.56 Å². The van der Waals surface area contributed by atoms with E-state index >= 15 is 0 Å². The molecule has 136 valence electrons. The second kappa shape index (κ2) is 12.3. The molecule has 3 N–H and O–H groups in total. The highest BCUT2D eigenvalue weighted by molar-refractivity contribution is 5.85. The Bertz CT molecular complexity index is 556. The highest BCUT2D eigenvalue weighted by Gasteiger charge is 2.06. The van der Waals surface area contributed by atoms with Gasteiger partial charge in [0.2, 0.25) is 0 Å². The van der Waals surface area contributed by atoms with Gasteiger partial charge in [0.25, 0.3) is 0 Å². The van der Waals surface area contributed by atoms with Gasteiger partial charge in [-0.25, -0.2) is 0 Å². The summed E-state index contributed by atoms with van der Waals surface area (Å²) in [7, 11) is 0. The zero-order chi connectivity index (χ0) is 15.8. The number of hydrogen-bond donors (Lipinski definition) is 3. The molecule has 6 heteroatoms. The number of aliphatic hydroxyl groups excluding tert-OH is 1. The molecule has 0 saturated carbocycles. The Balaban J connectivity index is 0.00000264. The molecule has 4 nitrogen and oxygen atoms in total. The van der Waals surface area contributed by atoms with E-state index in [0.717, 1.165) is 55.2 Å². The van der Waals surface area contributed by atoms with E-state index in [1.54, 1.807) is 6.92 Å². The molecule has 1 aromatic carbocycles. The molecule has 1 heterocycles. The van der Waals surface area contributed by atoms with Gasteiger partial charge in [-0.3, -0.25) is 0 Å². The van der Waals surface area contributed by atoms with Crippen molar-refractivity contribution in [3.63, 3.8) is 0 Å². The minimum absolute atomic E-state index is 0. The van der Waals surface area contributed by atoms with Gasteiger partial charge in [0.1, 0.15) is 11.5 Å². The molecule has 2 aromatic rings. The van der Waals surface area contributed by atoms with E-state index in [0.29, 0.717) is 0 Å². The number of nitrogens with one attached hydrogen (secondary N) is 2. The highest BCUT2D eigenvalue weighted by atomic mass is 35.5. The van der Waals surface area contributed by atoms with E-state index in [2.05, 4.69) is 17.6 Å². The summed E-state index contributed by atoms with van der Waals surface area (Å²) in [6.07, 6.45) is 0.676. The van der Waals surface area contributed by atoms with Crippen molar-refractivity contribution >= 4 is 24.8 Å². The molecule has 0 aliphatic rings. The van der Waals surface area contributed by atoms with Crippen LogP contribution >= 0.6 is 24.8 Å². The third-order valence-corrected chi connectivity index (χ3v) is 3.60. The molecule has 1 aromatic heterocycles. The number of aliphatic hydroxyl groups is 1. The maximum absolute atomic E-state index is 9.53. The van der Waals surface area contributed by atoms with Crippen LogP contribution in [0.5, 0.6) is 0 Å². The largest absolute Gasteiger partial charge is 0.460 e. The van der Waals surface area contributed by atoms with Gasteiger partial charge in [0.05, 0.1) is 12.6 Å². The normalized spacial score (nSPS) is 11.5. The van der Waals surface area contributed by atoms with Crippen molar-refractivity contribution in [1.29, 1.82) is 0 Å². The lowest BCUT2D eigenvalue weighted by molar-refractivity contribution is 0.199. The van der Waals surface area contributed by atoms with Crippen LogP contribution in [0.25, 0.3) is 11.3 Å². The van der Waals surface area contributed by atoms with Gasteiger partial charge in [-0.1, -0.05) is 31.2 Å². The van der Waals surface area contributed by atoms with Crippen LogP contribution in [0.4, 0.5) is 0 Å². The van der Waals surface area contributed by atoms with Crippen molar-refractivity contribution in [2.24, 2.45) is 0 Å². The number of hydrogen-bond acceptors (Lipinski definition) is 4. The number of benzene rings is 1. The van der Waals surface area contributed by atoms with Crippen LogP contribution in [0.15, 0.2) is 40.8 Å². The first-order valence-electron chi connectivity index (χ1n) is 7.99. The van der Waals surface area contributed by atoms with E-state index in [1.165, 1.54) is 0 Å². The van der Waals surface area contributed by atoms with Crippen LogP contribution in [0.3, 0.4) is 0 Å². The summed E-state index contributed by atoms with van der Waals surface area (Å²) in [4.78, 5) is 0. The Hall–Kier alpha value is -1.04. The molecule has 0 amide bonds. The Morgan fingerprint density at radius 3 is 2.29 bits per heavy atom. The van der Waals surface area contributed by atoms with E-state index < -0.39 is 6.10 Å². The lowest BCUT2D eigenvalue weighted by Gasteiger charge is -2.05. The van der Waals surface area contributed by atoms with Gasteiger partial charge in [-0.05, 0) is 50.7 Å². The van der Waals surface area contributed by atoms with Crippen LogP contribution < -0.4 is 10.6 Å². The number of halogens is 2. The highest BCUT2D eigenvalue weighted by Crippen LogP contribution is 2.24. The average Bonchev–Trinajstić information content (AvgIpc) is 3.00. The number of rotatable bonds is 9. The summed E-state index contributed by atoms with van der Waals surface area (Å²) in [6, 6.07) is 11.8. The zero-order valence-corrected chi connectivity index (χ0v) is 15.9. The molecule has 2 rings (SSSR count). The van der Waals surface area contributed by atoms with Crippen molar-refractivity contribution in [3.8, 4) is 11.3 Å². The van der Waals surface area contributed by atoms with E-state index in [4.69, 9.17) is 4.42 Å². The lowest BCUT2D eigenvalue weighted by Crippen LogP contribution is -2.21. The predicted octanol–water partition coefficient (Wildman–Crippen LogP) is 3.93. The van der Waals surface area contributed by atoms with E-state index in [9.17, 15) is 5.11 Å². The van der Waals surface area contributed by atoms with Crippen molar-refractivity contribution in [2.75, 3.05) is 19.6 Å². The topological polar surface area (TPSA) is 57.4 Å². The fourth-order valence-electron chi connectivity index (χ4n) is 2.28. The lowest BCUT2D eigenvalue weighted by atomic mass is 10.1. The Labute approximate surface area is 156 Å². The van der Waals surface area contributed by atoms with Gasteiger partial charge in [-0.15, -0.1) is 24.8 Å². The molecule has 0 spiro atoms. The molecule has 1 unspecified atom stereocenters. The van der Waals surface area contributed by atoms with Crippen LogP contribution in [0.2, 0.25) is 0 Å². The molecular formula is C18H28Cl2N2O2. The van der Waals surface area contributed by atoms with Gasteiger partial charge in [-0.2, -0.15) is 0 Å². The van der Waals surface area contributed by atoms with Crippen LogP contribution in [-0.2, 0) is 6.54 Å². The number of furan rings is 1. The molecule has 0 aliphatic carbocycles. The van der Waals surface area contributed by atoms with Gasteiger partial charge >= 0.3 is 0 Å². The Kier molecular flexibility index (Phi) is 11.8. The van der Waals surface area contributed by atoms with E-state index in [1.807, 2.05) is 36.4 Å². The van der Waals surface area contributed by atoms with Crippen molar-refractivity contribution in [1.82, 2.24) is 10.6 Å². The summed E-state index contributed by atoms with van der Waals surface area (Å²) in [6.45, 7) is 7.68. The summed E-state index contributed by atoms with van der Waals surface area (Å²) in [5.41, 5.74) is 1.95. The first-order valence-corrected chi connectivity index (χ1v) is 7.99. The van der Waals surface area contributed by atoms with Gasteiger partial charge < -0.3 is 20.2 Å². The van der Waals surface area contributed by atoms with E-state index in [-0.39, 0.29) is 24.8 Å². The molecule has 0 bridgehead atoms. The molecule has 24 heavy (non-hydrogen) atoms. The monoisotopic (exact) mass is 374 g/mol. The quantitative estimate of drug-likeness (QED) is 0.582. The molecular weight excluding hydrogens is 347 g/mol. The SMILES string of the molecule is CCNCCCNCc1ccc(-c2ccc(C(C)O)cc2)o1.Cl.Cl. The van der Waals surface area contributed by atoms with Crippen LogP contribution in [0, 0.1) is 0 Å². The molecule has 0 radical (unpaired) electrons. The first-order chi connectivity index (χ1) is 10.7. The van der Waals surface area contributed by atoms with Crippen LogP contribution in [-0.4, -0.2) is 24.7 Å². The molecule has 0 fully saturated rings. The summed E-state index contributed by atoms with van der Waals surface area (Å²) in [5, 5.41) is 16.2. The molecule has 0 saturated heterocycles. The first kappa shape index (κ1) is 23.0. The summed E-state index contributed by atoms with van der Waals surface area (Å²) in [5.74, 6) is 1.81. The smallest absolute Gasteiger partial charge is 0.134 e. The maximum atomic E-state index is 9.53. The average molecular weight is 375 g/mol. The fourth-order valence-corrected chi connectivity index (χ4v) is 2.28. The predicted molar refractivity (Wildman–Crippen MR) is 104 cm³/mol. The molecule has 1 atom stereocenters. The third-order valence-electron chi connectivity index (χ3n) is 3.60. The fraction of sp³-hybridized carbons (Fsp3) is 0.444. The maximum Gasteiger partial charge on any atom is 0.134 e. The minimum atomic E-state index is -0.437. The Morgan fingerprint density at radius 1 is 1.00 bits per heavy atom. The van der Waals surface area contributed by atoms with Crippen molar-refractivity contribution in [2.45, 2.75) is 32.9 Å². The van der Waals surface area contributed by atoms with Crippen molar-refractivity contribution in [3.05, 3.63) is 47.7 Å². The van der Waals surface area contributed by atoms with Gasteiger partial charge in [0.15, 0.2) is 0 Å². The summed E-state index contributed by atoms with van der Waals surface area (Å²) < 4.78 is 5.86. The van der Waals surface area contributed by atoms with Crippen LogP contribution in [0.1, 0.15) is 37.7 Å². The third kappa shape index (κ3) is 7.24. The second-order valence-corrected chi connectivity index (χ2v) is 5.45. The molecule has 0 aliphatic heterocycles. The van der Waals surface area contributed by atoms with Crippen molar-refractivity contribution < 1.29 is 9.52 Å². The zero-order valence-electron chi connectivity index (χ0n) is 14.2. The minimum Gasteiger partial charge on any atom is -0.460 e. The standard InChI is InChI=1S/C18H26N2O2.2ClH/c1-3-19-11-4-12-20-13-17-9-10-18(22-17)16-7-5-15(6-8-16)14(2)21;;/h5-10,14,19-21H,3-4,11-13H2,1-2H3;2*1H.